The van der Waals surface area contributed by atoms with Gasteiger partial charge in [0.2, 0.25) is 0 Å². The van der Waals surface area contributed by atoms with E-state index in [0.717, 1.165) is 5.75 Å². The van der Waals surface area contributed by atoms with E-state index in [4.69, 9.17) is 4.74 Å². The van der Waals surface area contributed by atoms with Gasteiger partial charge in [-0.25, -0.2) is 0 Å². The van der Waals surface area contributed by atoms with Gasteiger partial charge in [0.15, 0.2) is 0 Å². The van der Waals surface area contributed by atoms with Crippen LogP contribution in [0.1, 0.15) is 47.1 Å². The average molecular weight is 232 g/mol. The second kappa shape index (κ2) is 5.39. The highest BCUT2D eigenvalue weighted by Gasteiger charge is 2.13. The summed E-state index contributed by atoms with van der Waals surface area (Å²) in [5.41, 5.74) is 2.79. The third-order valence-electron chi connectivity index (χ3n) is 3.13. The van der Waals surface area contributed by atoms with Crippen molar-refractivity contribution >= 4 is 0 Å². The van der Waals surface area contributed by atoms with Gasteiger partial charge < -0.3 is 4.74 Å². The molecule has 0 amide bonds. The van der Waals surface area contributed by atoms with Crippen LogP contribution in [-0.4, -0.2) is 6.10 Å². The first kappa shape index (κ1) is 13.8. The molecule has 1 aromatic carbocycles. The predicted molar refractivity (Wildman–Crippen MR) is 74.7 cm³/mol. The highest BCUT2D eigenvalue weighted by Crippen LogP contribution is 2.25. The Bertz CT molecular complexity index is 379. The van der Waals surface area contributed by atoms with Crippen LogP contribution in [0.4, 0.5) is 0 Å². The summed E-state index contributed by atoms with van der Waals surface area (Å²) in [4.78, 5) is 0. The molecule has 0 saturated heterocycles. The van der Waals surface area contributed by atoms with Gasteiger partial charge in [-0.05, 0) is 49.5 Å². The molecule has 0 aliphatic rings. The fraction of sp³-hybridized carbons (Fsp3) is 0.500. The topological polar surface area (TPSA) is 9.23 Å². The zero-order chi connectivity index (χ0) is 13.1. The summed E-state index contributed by atoms with van der Waals surface area (Å²) in [6.45, 7) is 12.9. The van der Waals surface area contributed by atoms with Crippen LogP contribution in [-0.2, 0) is 5.41 Å². The lowest BCUT2D eigenvalue weighted by molar-refractivity contribution is 0.257. The lowest BCUT2D eigenvalue weighted by Gasteiger charge is -2.20. The van der Waals surface area contributed by atoms with E-state index in [-0.39, 0.29) is 11.5 Å². The molecule has 0 fully saturated rings. The molecule has 0 aliphatic carbocycles. The summed E-state index contributed by atoms with van der Waals surface area (Å²) in [5.74, 6) is 0.937. The molecule has 0 aromatic heterocycles. The van der Waals surface area contributed by atoms with Gasteiger partial charge in [-0.1, -0.05) is 39.0 Å². The molecule has 94 valence electrons. The molecule has 0 bridgehead atoms. The number of benzene rings is 1. The number of rotatable bonds is 3. The molecule has 1 unspecified atom stereocenters. The van der Waals surface area contributed by atoms with Crippen LogP contribution < -0.4 is 4.74 Å². The van der Waals surface area contributed by atoms with Crippen LogP contribution in [0.2, 0.25) is 0 Å². The van der Waals surface area contributed by atoms with Gasteiger partial charge in [-0.3, -0.25) is 0 Å². The molecule has 0 saturated carbocycles. The summed E-state index contributed by atoms with van der Waals surface area (Å²) in [6.07, 6.45) is 2.23. The Morgan fingerprint density at radius 1 is 1.18 bits per heavy atom. The molecule has 17 heavy (non-hydrogen) atoms. The largest absolute Gasteiger partial charge is 0.486 e. The molecule has 0 N–H and O–H groups in total. The van der Waals surface area contributed by atoms with E-state index in [1.807, 2.05) is 6.92 Å². The van der Waals surface area contributed by atoms with Gasteiger partial charge in [0.05, 0.1) is 0 Å². The normalized spacial score (nSPS) is 14.6. The van der Waals surface area contributed by atoms with E-state index in [2.05, 4.69) is 65.0 Å². The SMILES string of the molecule is C/C=C(\C)C(C)Oc1ccc(C(C)(C)C)cc1. The Hall–Kier alpha value is -1.24. The minimum atomic E-state index is 0.139. The summed E-state index contributed by atoms with van der Waals surface area (Å²) >= 11 is 0. The van der Waals surface area contributed by atoms with Crippen LogP contribution in [0.5, 0.6) is 5.75 Å². The molecule has 1 aromatic rings. The van der Waals surface area contributed by atoms with Crippen molar-refractivity contribution in [2.24, 2.45) is 0 Å². The van der Waals surface area contributed by atoms with Crippen LogP contribution in [0.25, 0.3) is 0 Å². The fourth-order valence-electron chi connectivity index (χ4n) is 1.57. The van der Waals surface area contributed by atoms with Gasteiger partial charge >= 0.3 is 0 Å². The van der Waals surface area contributed by atoms with Gasteiger partial charge in [0, 0.05) is 0 Å². The number of ether oxygens (including phenoxy) is 1. The van der Waals surface area contributed by atoms with Crippen molar-refractivity contribution in [1.29, 1.82) is 0 Å². The highest BCUT2D eigenvalue weighted by molar-refractivity contribution is 5.31. The first-order chi connectivity index (χ1) is 7.84. The van der Waals surface area contributed by atoms with E-state index >= 15 is 0 Å². The Morgan fingerprint density at radius 2 is 1.71 bits per heavy atom. The first-order valence-corrected chi connectivity index (χ1v) is 6.24. The number of hydrogen-bond acceptors (Lipinski definition) is 1. The maximum absolute atomic E-state index is 5.87. The third-order valence-corrected chi connectivity index (χ3v) is 3.13. The van der Waals surface area contributed by atoms with Crippen molar-refractivity contribution < 1.29 is 4.74 Å². The second-order valence-corrected chi connectivity index (χ2v) is 5.57. The molecular weight excluding hydrogens is 208 g/mol. The van der Waals surface area contributed by atoms with Crippen LogP contribution in [0.3, 0.4) is 0 Å². The van der Waals surface area contributed by atoms with Crippen LogP contribution in [0, 0.1) is 0 Å². The van der Waals surface area contributed by atoms with Gasteiger partial charge in [0.25, 0.3) is 0 Å². The molecule has 0 heterocycles. The van der Waals surface area contributed by atoms with E-state index < -0.39 is 0 Å². The predicted octanol–water partition coefficient (Wildman–Crippen LogP) is 4.72. The van der Waals surface area contributed by atoms with Gasteiger partial charge in [-0.15, -0.1) is 0 Å². The molecule has 1 atom stereocenters. The van der Waals surface area contributed by atoms with Crippen LogP contribution in [0.15, 0.2) is 35.9 Å². The van der Waals surface area contributed by atoms with Crippen LogP contribution >= 0.6 is 0 Å². The molecule has 1 nitrogen and oxygen atoms in total. The summed E-state index contributed by atoms with van der Waals surface area (Å²) in [5, 5.41) is 0. The Kier molecular flexibility index (Phi) is 4.39. The third kappa shape index (κ3) is 3.92. The standard InChI is InChI=1S/C16H24O/c1-7-12(2)13(3)17-15-10-8-14(9-11-15)16(4,5)6/h7-11,13H,1-6H3/b12-7+. The zero-order valence-electron chi connectivity index (χ0n) is 11.9. The number of hydrogen-bond donors (Lipinski definition) is 0. The minimum Gasteiger partial charge on any atom is -0.486 e. The maximum Gasteiger partial charge on any atom is 0.120 e. The highest BCUT2D eigenvalue weighted by atomic mass is 16.5. The molecule has 0 aliphatic heterocycles. The van der Waals surface area contributed by atoms with E-state index in [1.165, 1.54) is 11.1 Å². The first-order valence-electron chi connectivity index (χ1n) is 6.24. The van der Waals surface area contributed by atoms with Crippen molar-refractivity contribution in [3.8, 4) is 5.75 Å². The second-order valence-electron chi connectivity index (χ2n) is 5.57. The van der Waals surface area contributed by atoms with Gasteiger partial charge in [0.1, 0.15) is 11.9 Å². The monoisotopic (exact) mass is 232 g/mol. The Balaban J connectivity index is 2.76. The average Bonchev–Trinajstić information content (AvgIpc) is 2.27. The zero-order valence-corrected chi connectivity index (χ0v) is 11.9. The van der Waals surface area contributed by atoms with E-state index in [9.17, 15) is 0 Å². The summed E-state index contributed by atoms with van der Waals surface area (Å²) in [6, 6.07) is 8.40. The van der Waals surface area contributed by atoms with E-state index in [1.54, 1.807) is 0 Å². The van der Waals surface area contributed by atoms with Crippen molar-refractivity contribution in [2.45, 2.75) is 53.1 Å². The lowest BCUT2D eigenvalue weighted by Crippen LogP contribution is -2.14. The quantitative estimate of drug-likeness (QED) is 0.685. The van der Waals surface area contributed by atoms with Crippen molar-refractivity contribution in [3.05, 3.63) is 41.5 Å². The minimum absolute atomic E-state index is 0.139. The van der Waals surface area contributed by atoms with E-state index in [0.29, 0.717) is 0 Å². The van der Waals surface area contributed by atoms with Gasteiger partial charge in [-0.2, -0.15) is 0 Å². The Morgan fingerprint density at radius 3 is 2.12 bits per heavy atom. The number of allylic oxidation sites excluding steroid dienone is 1. The molecule has 1 rings (SSSR count). The summed E-state index contributed by atoms with van der Waals surface area (Å²) < 4.78 is 5.87. The summed E-state index contributed by atoms with van der Waals surface area (Å²) in [7, 11) is 0. The lowest BCUT2D eigenvalue weighted by atomic mass is 9.87. The maximum atomic E-state index is 5.87. The van der Waals surface area contributed by atoms with Crippen molar-refractivity contribution in [2.75, 3.05) is 0 Å². The molecule has 1 heteroatoms. The molecular formula is C16H24O. The Labute approximate surface area is 106 Å². The van der Waals surface area contributed by atoms with Crippen molar-refractivity contribution in [1.82, 2.24) is 0 Å². The molecule has 0 spiro atoms. The molecule has 0 radical (unpaired) electrons. The smallest absolute Gasteiger partial charge is 0.120 e. The fourth-order valence-corrected chi connectivity index (χ4v) is 1.57. The van der Waals surface area contributed by atoms with Crippen molar-refractivity contribution in [3.63, 3.8) is 0 Å².